The molecule has 0 saturated carbocycles. The van der Waals surface area contributed by atoms with Crippen molar-refractivity contribution in [3.8, 4) is 5.75 Å². The Balaban J connectivity index is 1.56. The number of rotatable bonds is 7. The molecule has 29 heavy (non-hydrogen) atoms. The van der Waals surface area contributed by atoms with Crippen molar-refractivity contribution in [3.05, 3.63) is 59.1 Å². The molecule has 1 N–H and O–H groups in total. The monoisotopic (exact) mass is 436 g/mol. The zero-order valence-electron chi connectivity index (χ0n) is 16.3. The highest BCUT2D eigenvalue weighted by atomic mass is 35.5. The molecule has 0 unspecified atom stereocenters. The number of carbonyl (C=O) groups excluding carboxylic acids is 1. The molecular weight excluding hydrogens is 412 g/mol. The lowest BCUT2D eigenvalue weighted by Crippen LogP contribution is -2.41. The first-order chi connectivity index (χ1) is 13.9. The molecule has 1 aliphatic rings. The highest BCUT2D eigenvalue weighted by Crippen LogP contribution is 2.25. The minimum atomic E-state index is -3.48. The van der Waals surface area contributed by atoms with Crippen LogP contribution in [0.1, 0.15) is 25.3 Å². The summed E-state index contributed by atoms with van der Waals surface area (Å²) in [6, 6.07) is 14.2. The zero-order chi connectivity index (χ0) is 20.9. The molecule has 2 aromatic rings. The summed E-state index contributed by atoms with van der Waals surface area (Å²) in [4.78, 5) is 12.6. The van der Waals surface area contributed by atoms with Crippen LogP contribution in [0.3, 0.4) is 0 Å². The lowest BCUT2D eigenvalue weighted by Gasteiger charge is -2.30. The van der Waals surface area contributed by atoms with Gasteiger partial charge in [0.25, 0.3) is 0 Å². The lowest BCUT2D eigenvalue weighted by molar-refractivity contribution is -0.120. The number of sulfonamides is 1. The number of hydrogen-bond acceptors (Lipinski definition) is 4. The molecular formula is C21H25ClN2O4S. The predicted octanol–water partition coefficient (Wildman–Crippen LogP) is 3.92. The van der Waals surface area contributed by atoms with Gasteiger partial charge in [-0.25, -0.2) is 12.7 Å². The smallest absolute Gasteiger partial charge is 0.227 e. The highest BCUT2D eigenvalue weighted by molar-refractivity contribution is 7.88. The van der Waals surface area contributed by atoms with Crippen LogP contribution in [0.25, 0.3) is 0 Å². The quantitative estimate of drug-likeness (QED) is 0.713. The molecule has 1 fully saturated rings. The van der Waals surface area contributed by atoms with Crippen LogP contribution in [0.5, 0.6) is 5.75 Å². The van der Waals surface area contributed by atoms with Gasteiger partial charge in [-0.3, -0.25) is 4.79 Å². The van der Waals surface area contributed by atoms with Gasteiger partial charge in [0.1, 0.15) is 5.75 Å². The van der Waals surface area contributed by atoms with Crippen LogP contribution in [0.4, 0.5) is 5.69 Å². The molecule has 1 saturated heterocycles. The summed E-state index contributed by atoms with van der Waals surface area (Å²) in [6.45, 7) is 3.10. The zero-order valence-corrected chi connectivity index (χ0v) is 17.9. The molecule has 6 nitrogen and oxygen atoms in total. The van der Waals surface area contributed by atoms with Gasteiger partial charge in [-0.1, -0.05) is 35.9 Å². The van der Waals surface area contributed by atoms with Crippen LogP contribution < -0.4 is 10.1 Å². The molecule has 0 atom stereocenters. The molecule has 8 heteroatoms. The van der Waals surface area contributed by atoms with Crippen molar-refractivity contribution >= 4 is 33.2 Å². The van der Waals surface area contributed by atoms with E-state index < -0.39 is 10.0 Å². The average Bonchev–Trinajstić information content (AvgIpc) is 2.70. The number of anilines is 1. The van der Waals surface area contributed by atoms with E-state index in [1.807, 2.05) is 25.1 Å². The van der Waals surface area contributed by atoms with Crippen molar-refractivity contribution < 1.29 is 17.9 Å². The SMILES string of the molecule is CCOc1cccc(NC(=O)C2CCN(S(=O)(=O)Cc3ccccc3Cl)CC2)c1. The standard InChI is InChI=1S/C21H25ClN2O4S/c1-2-28-19-8-5-7-18(14-19)23-21(25)16-10-12-24(13-11-16)29(26,27)15-17-6-3-4-9-20(17)22/h3-9,14,16H,2,10-13,15H2,1H3,(H,23,25). The maximum atomic E-state index is 12.7. The van der Waals surface area contributed by atoms with E-state index in [9.17, 15) is 13.2 Å². The van der Waals surface area contributed by atoms with Crippen LogP contribution in [-0.4, -0.2) is 38.3 Å². The van der Waals surface area contributed by atoms with Crippen LogP contribution in [0.2, 0.25) is 5.02 Å². The molecule has 156 valence electrons. The van der Waals surface area contributed by atoms with Crippen molar-refractivity contribution in [1.29, 1.82) is 0 Å². The van der Waals surface area contributed by atoms with Gasteiger partial charge in [0.15, 0.2) is 0 Å². The van der Waals surface area contributed by atoms with Crippen LogP contribution in [0.15, 0.2) is 48.5 Å². The molecule has 1 aliphatic heterocycles. The molecule has 0 radical (unpaired) electrons. The molecule has 0 aliphatic carbocycles. The third kappa shape index (κ3) is 5.72. The van der Waals surface area contributed by atoms with E-state index in [0.29, 0.717) is 54.6 Å². The third-order valence-electron chi connectivity index (χ3n) is 4.93. The van der Waals surface area contributed by atoms with E-state index in [-0.39, 0.29) is 17.6 Å². The summed E-state index contributed by atoms with van der Waals surface area (Å²) in [5.74, 6) is 0.249. The molecule has 1 heterocycles. The van der Waals surface area contributed by atoms with Crippen LogP contribution in [-0.2, 0) is 20.6 Å². The number of nitrogens with zero attached hydrogens (tertiary/aromatic N) is 1. The molecule has 0 bridgehead atoms. The number of piperidine rings is 1. The number of amides is 1. The Bertz CT molecular complexity index is 957. The van der Waals surface area contributed by atoms with Gasteiger partial charge in [0.2, 0.25) is 15.9 Å². The number of halogens is 1. The summed E-state index contributed by atoms with van der Waals surface area (Å²) in [5, 5.41) is 3.35. The fourth-order valence-corrected chi connectivity index (χ4v) is 5.25. The van der Waals surface area contributed by atoms with Crippen molar-refractivity contribution in [3.63, 3.8) is 0 Å². The maximum Gasteiger partial charge on any atom is 0.227 e. The number of benzene rings is 2. The topological polar surface area (TPSA) is 75.7 Å². The Morgan fingerprint density at radius 1 is 1.17 bits per heavy atom. The largest absolute Gasteiger partial charge is 0.494 e. The summed E-state index contributed by atoms with van der Waals surface area (Å²) in [7, 11) is -3.48. The summed E-state index contributed by atoms with van der Waals surface area (Å²) in [5.41, 5.74) is 1.26. The summed E-state index contributed by atoms with van der Waals surface area (Å²) >= 11 is 6.10. The highest BCUT2D eigenvalue weighted by Gasteiger charge is 2.31. The first-order valence-electron chi connectivity index (χ1n) is 9.64. The van der Waals surface area contributed by atoms with E-state index in [1.54, 1.807) is 30.3 Å². The van der Waals surface area contributed by atoms with E-state index in [4.69, 9.17) is 16.3 Å². The van der Waals surface area contributed by atoms with Gasteiger partial charge < -0.3 is 10.1 Å². The number of ether oxygens (including phenoxy) is 1. The summed E-state index contributed by atoms with van der Waals surface area (Å²) in [6.07, 6.45) is 0.970. The third-order valence-corrected chi connectivity index (χ3v) is 7.12. The Morgan fingerprint density at radius 2 is 1.90 bits per heavy atom. The second kappa shape index (κ2) is 9.61. The van der Waals surface area contributed by atoms with E-state index in [0.717, 1.165) is 0 Å². The van der Waals surface area contributed by atoms with E-state index in [1.165, 1.54) is 4.31 Å². The maximum absolute atomic E-state index is 12.7. The fourth-order valence-electron chi connectivity index (χ4n) is 3.37. The van der Waals surface area contributed by atoms with E-state index in [2.05, 4.69) is 5.32 Å². The normalized spacial score (nSPS) is 15.8. The number of nitrogens with one attached hydrogen (secondary N) is 1. The second-order valence-electron chi connectivity index (χ2n) is 6.97. The van der Waals surface area contributed by atoms with Crippen molar-refractivity contribution in [2.45, 2.75) is 25.5 Å². The molecule has 0 spiro atoms. The summed E-state index contributed by atoms with van der Waals surface area (Å²) < 4.78 is 32.4. The molecule has 0 aromatic heterocycles. The second-order valence-corrected chi connectivity index (χ2v) is 9.35. The molecule has 1 amide bonds. The number of carbonyl (C=O) groups is 1. The van der Waals surface area contributed by atoms with Gasteiger partial charge in [-0.2, -0.15) is 0 Å². The average molecular weight is 437 g/mol. The minimum absolute atomic E-state index is 0.0956. The Labute approximate surface area is 176 Å². The molecule has 3 rings (SSSR count). The van der Waals surface area contributed by atoms with Gasteiger partial charge in [-0.15, -0.1) is 0 Å². The number of hydrogen-bond donors (Lipinski definition) is 1. The van der Waals surface area contributed by atoms with Crippen LogP contribution >= 0.6 is 11.6 Å². The van der Waals surface area contributed by atoms with Gasteiger partial charge in [0, 0.05) is 35.8 Å². The Hall–Kier alpha value is -2.09. The lowest BCUT2D eigenvalue weighted by atomic mass is 9.97. The van der Waals surface area contributed by atoms with Gasteiger partial charge in [-0.05, 0) is 43.5 Å². The van der Waals surface area contributed by atoms with Crippen molar-refractivity contribution in [2.24, 2.45) is 5.92 Å². The van der Waals surface area contributed by atoms with Crippen molar-refractivity contribution in [1.82, 2.24) is 4.31 Å². The first-order valence-corrected chi connectivity index (χ1v) is 11.6. The van der Waals surface area contributed by atoms with Crippen molar-refractivity contribution in [2.75, 3.05) is 25.0 Å². The first kappa shape index (κ1) is 21.6. The fraction of sp³-hybridized carbons (Fsp3) is 0.381. The predicted molar refractivity (Wildman–Crippen MR) is 115 cm³/mol. The molecule has 2 aromatic carbocycles. The van der Waals surface area contributed by atoms with Crippen LogP contribution in [0, 0.1) is 5.92 Å². The minimum Gasteiger partial charge on any atom is -0.494 e. The van der Waals surface area contributed by atoms with Gasteiger partial charge >= 0.3 is 0 Å². The van der Waals surface area contributed by atoms with Gasteiger partial charge in [0.05, 0.1) is 12.4 Å². The van der Waals surface area contributed by atoms with E-state index >= 15 is 0 Å². The Morgan fingerprint density at radius 3 is 2.59 bits per heavy atom. The Kier molecular flexibility index (Phi) is 7.16.